The van der Waals surface area contributed by atoms with E-state index in [0.717, 1.165) is 0 Å². The number of hydrogen-bond acceptors (Lipinski definition) is 3. The minimum Gasteiger partial charge on any atom is -0.302 e. The van der Waals surface area contributed by atoms with E-state index < -0.39 is 0 Å². The lowest BCUT2D eigenvalue weighted by Gasteiger charge is -2.15. The second-order valence-electron chi connectivity index (χ2n) is 3.14. The molecule has 0 N–H and O–H groups in total. The third-order valence-electron chi connectivity index (χ3n) is 2.07. The molecule has 1 fully saturated rings. The van der Waals surface area contributed by atoms with Crippen LogP contribution in [0.1, 0.15) is 6.42 Å². The lowest BCUT2D eigenvalue weighted by molar-refractivity contribution is -0.121. The van der Waals surface area contributed by atoms with Crippen molar-refractivity contribution >= 4 is 44.9 Å². The maximum Gasteiger partial charge on any atom is 0.235 e. The molecular weight excluding hydrogens is 283 g/mol. The van der Waals surface area contributed by atoms with Gasteiger partial charge in [-0.25, -0.2) is 4.98 Å². The van der Waals surface area contributed by atoms with Crippen molar-refractivity contribution in [3.63, 3.8) is 0 Å². The van der Waals surface area contributed by atoms with Crippen LogP contribution in [0.4, 0.5) is 5.69 Å². The number of halogens is 2. The molecule has 0 aromatic carbocycles. The molecule has 0 saturated carbocycles. The number of anilines is 1. The molecule has 0 radical (unpaired) electrons. The Labute approximate surface area is 99.4 Å². The molecule has 1 amide bonds. The van der Waals surface area contributed by atoms with Crippen molar-refractivity contribution in [2.45, 2.75) is 6.42 Å². The van der Waals surface area contributed by atoms with Crippen LogP contribution in [0.15, 0.2) is 16.7 Å². The lowest BCUT2D eigenvalue weighted by atomic mass is 10.3. The molecule has 0 atom stereocenters. The topological polar surface area (TPSA) is 50.3 Å². The van der Waals surface area contributed by atoms with Crippen LogP contribution in [0.5, 0.6) is 0 Å². The average Bonchev–Trinajstić information content (AvgIpc) is 2.45. The first kappa shape index (κ1) is 10.6. The maximum atomic E-state index is 11.4. The molecule has 0 spiro atoms. The molecule has 6 heteroatoms. The predicted octanol–water partition coefficient (Wildman–Crippen LogP) is 1.80. The molecule has 2 rings (SSSR count). The first-order valence-electron chi connectivity index (χ1n) is 4.22. The molecule has 15 heavy (non-hydrogen) atoms. The molecule has 0 aliphatic carbocycles. The highest BCUT2D eigenvalue weighted by atomic mass is 79.9. The van der Waals surface area contributed by atoms with E-state index >= 15 is 0 Å². The van der Waals surface area contributed by atoms with Gasteiger partial charge < -0.3 is 4.90 Å². The van der Waals surface area contributed by atoms with Gasteiger partial charge in [-0.2, -0.15) is 0 Å². The van der Waals surface area contributed by atoms with Crippen molar-refractivity contribution in [3.05, 3.63) is 21.9 Å². The number of aromatic nitrogens is 1. The Balaban J connectivity index is 2.38. The zero-order valence-electron chi connectivity index (χ0n) is 7.54. The van der Waals surface area contributed by atoms with E-state index in [1.165, 1.54) is 4.90 Å². The Hall–Kier alpha value is -0.940. The Morgan fingerprint density at radius 1 is 1.40 bits per heavy atom. The summed E-state index contributed by atoms with van der Waals surface area (Å²) in [6.07, 6.45) is -0.0492. The van der Waals surface area contributed by atoms with Gasteiger partial charge >= 0.3 is 0 Å². The molecule has 1 aromatic rings. The van der Waals surface area contributed by atoms with Gasteiger partial charge in [0.25, 0.3) is 0 Å². The highest BCUT2D eigenvalue weighted by Crippen LogP contribution is 2.28. The molecule has 0 unspecified atom stereocenters. The van der Waals surface area contributed by atoms with Crippen LogP contribution >= 0.6 is 27.5 Å². The largest absolute Gasteiger partial charge is 0.302 e. The average molecular weight is 290 g/mol. The van der Waals surface area contributed by atoms with Crippen molar-refractivity contribution in [1.29, 1.82) is 0 Å². The second kappa shape index (κ2) is 3.90. The fourth-order valence-corrected chi connectivity index (χ4v) is 2.08. The van der Waals surface area contributed by atoms with Crippen LogP contribution in [0.3, 0.4) is 0 Å². The molecular formula is C9H6BrClN2O2. The summed E-state index contributed by atoms with van der Waals surface area (Å²) in [7, 11) is 0. The lowest BCUT2D eigenvalue weighted by Crippen LogP contribution is -2.25. The maximum absolute atomic E-state index is 11.4. The van der Waals surface area contributed by atoms with E-state index in [4.69, 9.17) is 11.6 Å². The van der Waals surface area contributed by atoms with Crippen LogP contribution in [0.2, 0.25) is 5.15 Å². The van der Waals surface area contributed by atoms with E-state index in [0.29, 0.717) is 10.3 Å². The van der Waals surface area contributed by atoms with Crippen molar-refractivity contribution < 1.29 is 9.59 Å². The van der Waals surface area contributed by atoms with Gasteiger partial charge in [-0.05, 0) is 28.1 Å². The molecule has 1 aromatic heterocycles. The number of pyridine rings is 1. The summed E-state index contributed by atoms with van der Waals surface area (Å²) < 4.78 is 0.592. The highest BCUT2D eigenvalue weighted by Gasteiger charge is 2.30. The van der Waals surface area contributed by atoms with Crippen molar-refractivity contribution in [2.75, 3.05) is 11.4 Å². The second-order valence-corrected chi connectivity index (χ2v) is 4.31. The number of nitrogens with zero attached hydrogens (tertiary/aromatic N) is 2. The molecule has 1 aliphatic heterocycles. The van der Waals surface area contributed by atoms with Crippen molar-refractivity contribution in [1.82, 2.24) is 4.98 Å². The van der Waals surface area contributed by atoms with Gasteiger partial charge in [-0.3, -0.25) is 9.59 Å². The normalized spacial score (nSPS) is 16.3. The number of carbonyl (C=O) groups excluding carboxylic acids is 2. The summed E-state index contributed by atoms with van der Waals surface area (Å²) in [6, 6.07) is 3.34. The molecule has 4 nitrogen and oxygen atoms in total. The zero-order valence-corrected chi connectivity index (χ0v) is 9.88. The van der Waals surface area contributed by atoms with E-state index in [2.05, 4.69) is 20.9 Å². The minimum atomic E-state index is -0.231. The Kier molecular flexibility index (Phi) is 2.75. The van der Waals surface area contributed by atoms with Gasteiger partial charge in [-0.1, -0.05) is 11.6 Å². The molecule has 1 aliphatic rings. The van der Waals surface area contributed by atoms with Crippen LogP contribution in [-0.4, -0.2) is 23.2 Å². The third-order valence-corrected chi connectivity index (χ3v) is 2.79. The van der Waals surface area contributed by atoms with Gasteiger partial charge in [-0.15, -0.1) is 0 Å². The predicted molar refractivity (Wildman–Crippen MR) is 58.9 cm³/mol. The van der Waals surface area contributed by atoms with Crippen LogP contribution in [-0.2, 0) is 9.59 Å². The van der Waals surface area contributed by atoms with Gasteiger partial charge in [0, 0.05) is 0 Å². The molecule has 0 bridgehead atoms. The zero-order chi connectivity index (χ0) is 11.0. The number of amides is 1. The Morgan fingerprint density at radius 3 is 2.67 bits per heavy atom. The first-order chi connectivity index (χ1) is 7.08. The number of carbonyl (C=O) groups is 2. The fraction of sp³-hybridized carbons (Fsp3) is 0.222. The van der Waals surface area contributed by atoms with Crippen LogP contribution < -0.4 is 4.90 Å². The third kappa shape index (κ3) is 2.03. The standard InChI is InChI=1S/C9H6BrClN2O2/c10-7-2-1-6(9(11)12-7)13-4-5(14)3-8(13)15/h1-2H,3-4H2. The summed E-state index contributed by atoms with van der Waals surface area (Å²) in [5.41, 5.74) is 0.482. The van der Waals surface area contributed by atoms with Gasteiger partial charge in [0.05, 0.1) is 18.7 Å². The van der Waals surface area contributed by atoms with E-state index in [-0.39, 0.29) is 29.8 Å². The first-order valence-corrected chi connectivity index (χ1v) is 5.39. The van der Waals surface area contributed by atoms with Gasteiger partial charge in [0.2, 0.25) is 5.91 Å². The number of rotatable bonds is 1. The van der Waals surface area contributed by atoms with Crippen LogP contribution in [0.25, 0.3) is 0 Å². The summed E-state index contributed by atoms with van der Waals surface area (Å²) in [4.78, 5) is 27.8. The fourth-order valence-electron chi connectivity index (χ4n) is 1.41. The van der Waals surface area contributed by atoms with Crippen LogP contribution in [0, 0.1) is 0 Å². The van der Waals surface area contributed by atoms with Crippen molar-refractivity contribution in [2.24, 2.45) is 0 Å². The van der Waals surface area contributed by atoms with E-state index in [1.54, 1.807) is 12.1 Å². The Bertz CT molecular complexity index is 450. The SMILES string of the molecule is O=C1CC(=O)N(c2ccc(Br)nc2Cl)C1. The number of ketones is 1. The van der Waals surface area contributed by atoms with Crippen molar-refractivity contribution in [3.8, 4) is 0 Å². The van der Waals surface area contributed by atoms with E-state index in [1.807, 2.05) is 0 Å². The summed E-state index contributed by atoms with van der Waals surface area (Å²) >= 11 is 9.04. The summed E-state index contributed by atoms with van der Waals surface area (Å²) in [6.45, 7) is 0.0852. The van der Waals surface area contributed by atoms with E-state index in [9.17, 15) is 9.59 Å². The minimum absolute atomic E-state index is 0.0492. The molecule has 1 saturated heterocycles. The smallest absolute Gasteiger partial charge is 0.235 e. The number of hydrogen-bond donors (Lipinski definition) is 0. The molecule has 78 valence electrons. The Morgan fingerprint density at radius 2 is 2.13 bits per heavy atom. The van der Waals surface area contributed by atoms with Gasteiger partial charge in [0.1, 0.15) is 4.60 Å². The number of Topliss-reactive ketones (excluding diaryl/α,β-unsaturated/α-hetero) is 1. The monoisotopic (exact) mass is 288 g/mol. The van der Waals surface area contributed by atoms with Gasteiger partial charge in [0.15, 0.2) is 10.9 Å². The summed E-state index contributed by atoms with van der Waals surface area (Å²) in [5, 5.41) is 0.215. The molecule has 2 heterocycles. The quantitative estimate of drug-likeness (QED) is 0.585. The summed E-state index contributed by atoms with van der Waals surface area (Å²) in [5.74, 6) is -0.329. The highest BCUT2D eigenvalue weighted by molar-refractivity contribution is 9.10.